The van der Waals surface area contributed by atoms with E-state index < -0.39 is 5.43 Å². The number of rotatable bonds is 6. The molecule has 2 aromatic carbocycles. The predicted octanol–water partition coefficient (Wildman–Crippen LogP) is 2.72. The van der Waals surface area contributed by atoms with E-state index in [1.165, 1.54) is 37.4 Å². The number of hydrogen-bond acceptors (Lipinski definition) is 9. The van der Waals surface area contributed by atoms with Gasteiger partial charge in [-0.25, -0.2) is 0 Å². The van der Waals surface area contributed by atoms with Crippen LogP contribution in [0.4, 0.5) is 0 Å². The lowest BCUT2D eigenvalue weighted by Crippen LogP contribution is -2.38. The number of hydrogen-bond donors (Lipinski definition) is 3. The first-order valence-corrected chi connectivity index (χ1v) is 9.81. The number of phenolic OH excluding ortho intramolecular Hbond substituents is 3. The summed E-state index contributed by atoms with van der Waals surface area (Å²) in [4.78, 5) is 15.4. The van der Waals surface area contributed by atoms with Gasteiger partial charge in [-0.3, -0.25) is 9.69 Å². The number of nitrogens with zero attached hydrogens (tertiary/aromatic N) is 1. The monoisotopic (exact) mass is 465 g/mol. The second kappa shape index (κ2) is 9.99. The van der Waals surface area contributed by atoms with Crippen LogP contribution >= 0.6 is 12.4 Å². The van der Waals surface area contributed by atoms with Crippen LogP contribution in [0.2, 0.25) is 0 Å². The maximum Gasteiger partial charge on any atom is 0.239 e. The summed E-state index contributed by atoms with van der Waals surface area (Å²) < 4.78 is 22.3. The molecular weight excluding hydrogens is 442 g/mol. The van der Waals surface area contributed by atoms with Crippen molar-refractivity contribution in [2.24, 2.45) is 0 Å². The summed E-state index contributed by atoms with van der Waals surface area (Å²) in [6.45, 7) is 3.92. The fourth-order valence-electron chi connectivity index (χ4n) is 3.52. The van der Waals surface area contributed by atoms with Crippen molar-refractivity contribution in [2.45, 2.75) is 0 Å². The Labute approximate surface area is 189 Å². The van der Waals surface area contributed by atoms with E-state index in [4.69, 9.17) is 18.6 Å². The number of benzene rings is 2. The van der Waals surface area contributed by atoms with Crippen LogP contribution in [0.15, 0.2) is 39.5 Å². The van der Waals surface area contributed by atoms with Gasteiger partial charge in [-0.2, -0.15) is 0 Å². The summed E-state index contributed by atoms with van der Waals surface area (Å²) in [6, 6.07) is 6.69. The largest absolute Gasteiger partial charge is 0.508 e. The first-order chi connectivity index (χ1) is 15.0. The van der Waals surface area contributed by atoms with E-state index in [1.807, 2.05) is 0 Å². The van der Waals surface area contributed by atoms with Gasteiger partial charge in [0, 0.05) is 37.3 Å². The second-order valence-corrected chi connectivity index (χ2v) is 7.12. The average Bonchev–Trinajstić information content (AvgIpc) is 2.76. The Morgan fingerprint density at radius 3 is 2.50 bits per heavy atom. The number of methoxy groups -OCH3 is 1. The standard InChI is InChI=1S/C22H23NO8.ClH/c1-28-22-20(27)19-17(30-9-6-23-4-7-29-8-5-23)11-14(24)12-18(19)31-21(22)13-2-3-15(25)16(26)10-13;/h2-3,10-12,24-26H,4-9H2,1H3;1H. The van der Waals surface area contributed by atoms with Gasteiger partial charge in [-0.15, -0.1) is 12.4 Å². The third kappa shape index (κ3) is 4.69. The zero-order valence-electron chi connectivity index (χ0n) is 17.4. The minimum absolute atomic E-state index is 0. The van der Waals surface area contributed by atoms with Crippen LogP contribution in [-0.2, 0) is 4.74 Å². The molecule has 10 heteroatoms. The Morgan fingerprint density at radius 2 is 1.81 bits per heavy atom. The lowest BCUT2D eigenvalue weighted by Gasteiger charge is -2.26. The summed E-state index contributed by atoms with van der Waals surface area (Å²) in [5.74, 6) is -0.636. The number of morpholine rings is 1. The van der Waals surface area contributed by atoms with Crippen molar-refractivity contribution in [1.29, 1.82) is 0 Å². The highest BCUT2D eigenvalue weighted by molar-refractivity contribution is 5.88. The van der Waals surface area contributed by atoms with Crippen LogP contribution in [0.3, 0.4) is 0 Å². The molecule has 9 nitrogen and oxygen atoms in total. The summed E-state index contributed by atoms with van der Waals surface area (Å²) in [7, 11) is 1.33. The topological polar surface area (TPSA) is 122 Å². The molecular formula is C22H24ClNO8. The number of fused-ring (bicyclic) bond motifs is 1. The van der Waals surface area contributed by atoms with E-state index in [1.54, 1.807) is 0 Å². The molecule has 4 rings (SSSR count). The molecule has 32 heavy (non-hydrogen) atoms. The van der Waals surface area contributed by atoms with Crippen molar-refractivity contribution in [3.63, 3.8) is 0 Å². The van der Waals surface area contributed by atoms with Gasteiger partial charge in [-0.1, -0.05) is 0 Å². The Hall–Kier alpha value is -3.14. The van der Waals surface area contributed by atoms with Gasteiger partial charge in [0.2, 0.25) is 11.2 Å². The molecule has 0 amide bonds. The minimum atomic E-state index is -0.479. The normalized spacial score (nSPS) is 14.2. The maximum absolute atomic E-state index is 13.2. The number of ether oxygens (including phenoxy) is 3. The quantitative estimate of drug-likeness (QED) is 0.471. The molecule has 0 spiro atoms. The molecule has 0 bridgehead atoms. The molecule has 3 aromatic rings. The van der Waals surface area contributed by atoms with Gasteiger partial charge < -0.3 is 33.9 Å². The Balaban J connectivity index is 0.00000289. The molecule has 172 valence electrons. The summed E-state index contributed by atoms with van der Waals surface area (Å²) in [5.41, 5.74) is -0.0493. The van der Waals surface area contributed by atoms with E-state index >= 15 is 0 Å². The highest BCUT2D eigenvalue weighted by Gasteiger charge is 2.22. The molecule has 1 aliphatic heterocycles. The number of halogens is 1. The number of aromatic hydroxyl groups is 3. The van der Waals surface area contributed by atoms with Crippen molar-refractivity contribution in [3.8, 4) is 40.1 Å². The Bertz CT molecular complexity index is 1160. The zero-order chi connectivity index (χ0) is 22.0. The van der Waals surface area contributed by atoms with E-state index in [0.717, 1.165) is 13.1 Å². The minimum Gasteiger partial charge on any atom is -0.508 e. The van der Waals surface area contributed by atoms with E-state index in [-0.39, 0.29) is 57.9 Å². The van der Waals surface area contributed by atoms with Gasteiger partial charge in [0.15, 0.2) is 17.3 Å². The van der Waals surface area contributed by atoms with Gasteiger partial charge in [0.1, 0.15) is 29.1 Å². The molecule has 3 N–H and O–H groups in total. The molecule has 0 radical (unpaired) electrons. The molecule has 0 atom stereocenters. The third-order valence-corrected chi connectivity index (χ3v) is 5.11. The molecule has 2 heterocycles. The fraction of sp³-hybridized carbons (Fsp3) is 0.318. The van der Waals surface area contributed by atoms with Crippen molar-refractivity contribution in [1.82, 2.24) is 4.90 Å². The lowest BCUT2D eigenvalue weighted by atomic mass is 10.1. The van der Waals surface area contributed by atoms with Crippen LogP contribution in [0.1, 0.15) is 0 Å². The third-order valence-electron chi connectivity index (χ3n) is 5.11. The van der Waals surface area contributed by atoms with Gasteiger partial charge in [-0.05, 0) is 18.2 Å². The van der Waals surface area contributed by atoms with E-state index in [2.05, 4.69) is 4.90 Å². The van der Waals surface area contributed by atoms with Gasteiger partial charge >= 0.3 is 0 Å². The molecule has 0 saturated carbocycles. The van der Waals surface area contributed by atoms with Crippen LogP contribution in [0, 0.1) is 0 Å². The Morgan fingerprint density at radius 1 is 1.06 bits per heavy atom. The molecule has 1 fully saturated rings. The smallest absolute Gasteiger partial charge is 0.239 e. The maximum atomic E-state index is 13.2. The van der Waals surface area contributed by atoms with Gasteiger partial charge in [0.05, 0.1) is 20.3 Å². The Kier molecular flexibility index (Phi) is 7.34. The van der Waals surface area contributed by atoms with Crippen LogP contribution < -0.4 is 14.9 Å². The molecule has 1 saturated heterocycles. The first kappa shape index (κ1) is 23.5. The molecule has 1 aromatic heterocycles. The highest BCUT2D eigenvalue weighted by Crippen LogP contribution is 2.38. The fourth-order valence-corrected chi connectivity index (χ4v) is 3.52. The molecule has 1 aliphatic rings. The van der Waals surface area contributed by atoms with Crippen molar-refractivity contribution in [2.75, 3.05) is 46.6 Å². The number of phenols is 3. The van der Waals surface area contributed by atoms with Gasteiger partial charge in [0.25, 0.3) is 0 Å². The highest BCUT2D eigenvalue weighted by atomic mass is 35.5. The molecule has 0 aliphatic carbocycles. The summed E-state index contributed by atoms with van der Waals surface area (Å²) in [6.07, 6.45) is 0. The van der Waals surface area contributed by atoms with Crippen LogP contribution in [0.25, 0.3) is 22.3 Å². The SMILES string of the molecule is COc1c(-c2ccc(O)c(O)c2)oc2cc(O)cc(OCCN3CCOCC3)c2c1=O.Cl. The van der Waals surface area contributed by atoms with Crippen LogP contribution in [-0.4, -0.2) is 66.8 Å². The lowest BCUT2D eigenvalue weighted by molar-refractivity contribution is 0.0323. The summed E-state index contributed by atoms with van der Waals surface area (Å²) in [5, 5.41) is 29.7. The van der Waals surface area contributed by atoms with Crippen molar-refractivity contribution >= 4 is 23.4 Å². The average molecular weight is 466 g/mol. The first-order valence-electron chi connectivity index (χ1n) is 9.81. The van der Waals surface area contributed by atoms with Crippen molar-refractivity contribution < 1.29 is 33.9 Å². The predicted molar refractivity (Wildman–Crippen MR) is 119 cm³/mol. The van der Waals surface area contributed by atoms with Crippen LogP contribution in [0.5, 0.6) is 28.7 Å². The van der Waals surface area contributed by atoms with E-state index in [0.29, 0.717) is 31.9 Å². The molecule has 0 unspecified atom stereocenters. The van der Waals surface area contributed by atoms with E-state index in [9.17, 15) is 20.1 Å². The van der Waals surface area contributed by atoms with Crippen molar-refractivity contribution in [3.05, 3.63) is 40.6 Å². The summed E-state index contributed by atoms with van der Waals surface area (Å²) >= 11 is 0. The second-order valence-electron chi connectivity index (χ2n) is 7.12. The zero-order valence-corrected chi connectivity index (χ0v) is 18.2.